The van der Waals surface area contributed by atoms with Crippen molar-refractivity contribution < 1.29 is 0 Å². The van der Waals surface area contributed by atoms with E-state index < -0.39 is 0 Å². The first-order valence-corrected chi connectivity index (χ1v) is 7.25. The van der Waals surface area contributed by atoms with E-state index >= 15 is 0 Å². The van der Waals surface area contributed by atoms with Gasteiger partial charge in [-0.25, -0.2) is 0 Å². The van der Waals surface area contributed by atoms with Gasteiger partial charge in [0, 0.05) is 3.57 Å². The first-order chi connectivity index (χ1) is 8.59. The number of halogens is 1. The maximum atomic E-state index is 2.48. The third-order valence-corrected chi connectivity index (χ3v) is 5.37. The molecule has 0 unspecified atom stereocenters. The molecule has 3 rings (SSSR count). The fourth-order valence-corrected chi connectivity index (χ4v) is 3.43. The van der Waals surface area contributed by atoms with Gasteiger partial charge >= 0.3 is 0 Å². The van der Waals surface area contributed by atoms with Crippen LogP contribution in [0.4, 0.5) is 0 Å². The highest BCUT2D eigenvalue weighted by Gasteiger charge is 2.10. The standard InChI is InChI=1S/C17H15I/c1-10-11(2)15-8-13-6-4-5-7-14(13)9-16(15)17(18)12(10)3/h4-9H,1-3H3. The average molecular weight is 346 g/mol. The molecule has 90 valence electrons. The number of hydrogen-bond donors (Lipinski definition) is 0. The SMILES string of the molecule is Cc1c(C)c(I)c2cc3ccccc3cc2c1C. The van der Waals surface area contributed by atoms with E-state index in [1.165, 1.54) is 41.8 Å². The van der Waals surface area contributed by atoms with Crippen LogP contribution in [0, 0.1) is 24.3 Å². The summed E-state index contributed by atoms with van der Waals surface area (Å²) in [4.78, 5) is 0. The highest BCUT2D eigenvalue weighted by atomic mass is 127. The Labute approximate surface area is 121 Å². The topological polar surface area (TPSA) is 0 Å². The Morgan fingerprint density at radius 3 is 1.89 bits per heavy atom. The van der Waals surface area contributed by atoms with Crippen molar-refractivity contribution in [2.75, 3.05) is 0 Å². The molecule has 0 aromatic heterocycles. The Bertz CT molecular complexity index is 704. The van der Waals surface area contributed by atoms with Crippen molar-refractivity contribution in [3.63, 3.8) is 0 Å². The van der Waals surface area contributed by atoms with Gasteiger partial charge in [-0.2, -0.15) is 0 Å². The lowest BCUT2D eigenvalue weighted by Crippen LogP contribution is -1.94. The predicted octanol–water partition coefficient (Wildman–Crippen LogP) is 5.52. The first kappa shape index (κ1) is 12.0. The van der Waals surface area contributed by atoms with Crippen molar-refractivity contribution in [2.45, 2.75) is 20.8 Å². The van der Waals surface area contributed by atoms with E-state index in [0.29, 0.717) is 0 Å². The molecule has 0 saturated carbocycles. The zero-order valence-electron chi connectivity index (χ0n) is 10.8. The van der Waals surface area contributed by atoms with Crippen LogP contribution in [0.15, 0.2) is 36.4 Å². The second kappa shape index (κ2) is 4.23. The molecule has 0 fully saturated rings. The van der Waals surface area contributed by atoms with Crippen LogP contribution in [0.1, 0.15) is 16.7 Å². The summed E-state index contributed by atoms with van der Waals surface area (Å²) in [5.74, 6) is 0. The summed E-state index contributed by atoms with van der Waals surface area (Å²) < 4.78 is 1.39. The average Bonchev–Trinajstić information content (AvgIpc) is 2.41. The van der Waals surface area contributed by atoms with Crippen molar-refractivity contribution in [3.8, 4) is 0 Å². The molecule has 0 nitrogen and oxygen atoms in total. The van der Waals surface area contributed by atoms with Crippen molar-refractivity contribution in [1.82, 2.24) is 0 Å². The Morgan fingerprint density at radius 1 is 0.722 bits per heavy atom. The van der Waals surface area contributed by atoms with Gasteiger partial charge in [0.25, 0.3) is 0 Å². The molecule has 0 heterocycles. The minimum Gasteiger partial charge on any atom is -0.0616 e. The fourth-order valence-electron chi connectivity index (χ4n) is 2.58. The maximum Gasteiger partial charge on any atom is 0.0241 e. The largest absolute Gasteiger partial charge is 0.0616 e. The molecule has 3 aromatic carbocycles. The lowest BCUT2D eigenvalue weighted by Gasteiger charge is -2.14. The third kappa shape index (κ3) is 1.64. The molecular formula is C17H15I. The van der Waals surface area contributed by atoms with Crippen LogP contribution in [-0.4, -0.2) is 0 Å². The van der Waals surface area contributed by atoms with Crippen LogP contribution in [0.2, 0.25) is 0 Å². The van der Waals surface area contributed by atoms with Crippen LogP contribution in [-0.2, 0) is 0 Å². The second-order valence-corrected chi connectivity index (χ2v) is 6.01. The van der Waals surface area contributed by atoms with Gasteiger partial charge in [0.05, 0.1) is 0 Å². The molecule has 0 aliphatic carbocycles. The highest BCUT2D eigenvalue weighted by molar-refractivity contribution is 14.1. The lowest BCUT2D eigenvalue weighted by atomic mass is 9.94. The Morgan fingerprint density at radius 2 is 1.28 bits per heavy atom. The number of hydrogen-bond acceptors (Lipinski definition) is 0. The van der Waals surface area contributed by atoms with E-state index in [1.54, 1.807) is 0 Å². The van der Waals surface area contributed by atoms with E-state index in [9.17, 15) is 0 Å². The molecule has 0 saturated heterocycles. The van der Waals surface area contributed by atoms with Crippen molar-refractivity contribution in [2.24, 2.45) is 0 Å². The van der Waals surface area contributed by atoms with E-state index in [2.05, 4.69) is 79.8 Å². The third-order valence-electron chi connectivity index (χ3n) is 3.98. The quantitative estimate of drug-likeness (QED) is 0.371. The molecule has 0 N–H and O–H groups in total. The number of benzene rings is 3. The van der Waals surface area contributed by atoms with Gasteiger partial charge in [0.15, 0.2) is 0 Å². The molecule has 0 spiro atoms. The number of rotatable bonds is 0. The molecule has 1 heteroatoms. The number of aryl methyl sites for hydroxylation is 1. The smallest absolute Gasteiger partial charge is 0.0241 e. The molecule has 0 amide bonds. The van der Waals surface area contributed by atoms with Gasteiger partial charge in [-0.1, -0.05) is 24.3 Å². The second-order valence-electron chi connectivity index (χ2n) is 4.93. The molecule has 0 aliphatic rings. The van der Waals surface area contributed by atoms with Gasteiger partial charge in [0.2, 0.25) is 0 Å². The summed E-state index contributed by atoms with van der Waals surface area (Å²) in [6.45, 7) is 6.68. The molecule has 0 radical (unpaired) electrons. The molecule has 0 bridgehead atoms. The molecule has 0 atom stereocenters. The lowest BCUT2D eigenvalue weighted by molar-refractivity contribution is 1.28. The highest BCUT2D eigenvalue weighted by Crippen LogP contribution is 2.33. The monoisotopic (exact) mass is 346 g/mol. The van der Waals surface area contributed by atoms with Gasteiger partial charge < -0.3 is 0 Å². The summed E-state index contributed by atoms with van der Waals surface area (Å²) in [7, 11) is 0. The van der Waals surface area contributed by atoms with E-state index in [0.717, 1.165) is 0 Å². The van der Waals surface area contributed by atoms with E-state index in [4.69, 9.17) is 0 Å². The van der Waals surface area contributed by atoms with E-state index in [-0.39, 0.29) is 0 Å². The van der Waals surface area contributed by atoms with Crippen molar-refractivity contribution >= 4 is 44.1 Å². The maximum absolute atomic E-state index is 2.48. The van der Waals surface area contributed by atoms with E-state index in [1.807, 2.05) is 0 Å². The van der Waals surface area contributed by atoms with Crippen LogP contribution in [0.25, 0.3) is 21.5 Å². The van der Waals surface area contributed by atoms with Crippen molar-refractivity contribution in [3.05, 3.63) is 56.7 Å². The van der Waals surface area contributed by atoms with Gasteiger partial charge in [-0.15, -0.1) is 0 Å². The first-order valence-electron chi connectivity index (χ1n) is 6.17. The predicted molar refractivity (Wildman–Crippen MR) is 88.4 cm³/mol. The summed E-state index contributed by atoms with van der Waals surface area (Å²) in [5.41, 5.74) is 4.24. The normalized spacial score (nSPS) is 11.3. The minimum atomic E-state index is 1.32. The van der Waals surface area contributed by atoms with Gasteiger partial charge in [0.1, 0.15) is 0 Å². The molecule has 18 heavy (non-hydrogen) atoms. The molecular weight excluding hydrogens is 331 g/mol. The van der Waals surface area contributed by atoms with Crippen molar-refractivity contribution in [1.29, 1.82) is 0 Å². The minimum absolute atomic E-state index is 1.32. The van der Waals surface area contributed by atoms with Crippen LogP contribution < -0.4 is 0 Å². The van der Waals surface area contributed by atoms with Crippen LogP contribution >= 0.6 is 22.6 Å². The summed E-state index contributed by atoms with van der Waals surface area (Å²) in [6, 6.07) is 13.2. The van der Waals surface area contributed by atoms with Crippen LogP contribution in [0.5, 0.6) is 0 Å². The van der Waals surface area contributed by atoms with Crippen LogP contribution in [0.3, 0.4) is 0 Å². The van der Waals surface area contributed by atoms with Gasteiger partial charge in [-0.3, -0.25) is 0 Å². The Balaban J connectivity index is 2.58. The fraction of sp³-hybridized carbons (Fsp3) is 0.176. The summed E-state index contributed by atoms with van der Waals surface area (Å²) >= 11 is 2.48. The number of fused-ring (bicyclic) bond motifs is 2. The molecule has 3 aromatic rings. The van der Waals surface area contributed by atoms with Gasteiger partial charge in [-0.05, 0) is 93.7 Å². The zero-order chi connectivity index (χ0) is 12.9. The summed E-state index contributed by atoms with van der Waals surface area (Å²) in [5, 5.41) is 5.42. The zero-order valence-corrected chi connectivity index (χ0v) is 13.0. The molecule has 0 aliphatic heterocycles. The summed E-state index contributed by atoms with van der Waals surface area (Å²) in [6.07, 6.45) is 0. The Hall–Kier alpha value is -1.09. The Kier molecular flexibility index (Phi) is 2.81.